The summed E-state index contributed by atoms with van der Waals surface area (Å²) in [6, 6.07) is 10.2. The Morgan fingerprint density at radius 3 is 2.58 bits per heavy atom. The zero-order valence-electron chi connectivity index (χ0n) is 13.7. The molecule has 1 saturated heterocycles. The molecule has 1 aliphatic carbocycles. The van der Waals surface area contributed by atoms with Crippen molar-refractivity contribution < 1.29 is 4.79 Å². The summed E-state index contributed by atoms with van der Waals surface area (Å²) in [4.78, 5) is 16.8. The van der Waals surface area contributed by atoms with E-state index in [1.807, 2.05) is 18.2 Å². The Kier molecular flexibility index (Phi) is 4.47. The smallest absolute Gasteiger partial charge is 0.225 e. The van der Waals surface area contributed by atoms with Gasteiger partial charge < -0.3 is 9.80 Å². The standard InChI is InChI=1S/C18H22N4OS/c23-17(15-8-4-9-15)21-10-5-11-22(13-12-21)18-20-19-16(24-18)14-6-2-1-3-7-14/h1-3,6-7,15H,4-5,8-13H2. The first-order valence-corrected chi connectivity index (χ1v) is 9.55. The highest BCUT2D eigenvalue weighted by Crippen LogP contribution is 2.30. The van der Waals surface area contributed by atoms with Crippen LogP contribution in [0.3, 0.4) is 0 Å². The number of nitrogens with zero attached hydrogens (tertiary/aromatic N) is 4. The molecule has 1 aromatic heterocycles. The third-order valence-electron chi connectivity index (χ3n) is 4.97. The zero-order chi connectivity index (χ0) is 16.4. The molecule has 4 rings (SSSR count). The molecule has 1 aliphatic heterocycles. The molecule has 126 valence electrons. The minimum atomic E-state index is 0.294. The fourth-order valence-corrected chi connectivity index (χ4v) is 4.19. The maximum absolute atomic E-state index is 12.4. The molecule has 2 aromatic rings. The maximum Gasteiger partial charge on any atom is 0.225 e. The van der Waals surface area contributed by atoms with Gasteiger partial charge in [-0.3, -0.25) is 4.79 Å². The summed E-state index contributed by atoms with van der Waals surface area (Å²) in [6.45, 7) is 3.46. The van der Waals surface area contributed by atoms with Gasteiger partial charge in [0.1, 0.15) is 5.01 Å². The van der Waals surface area contributed by atoms with Crippen LogP contribution in [0.2, 0.25) is 0 Å². The lowest BCUT2D eigenvalue weighted by Gasteiger charge is -2.30. The first-order chi connectivity index (χ1) is 11.8. The van der Waals surface area contributed by atoms with Crippen LogP contribution in [0.15, 0.2) is 30.3 Å². The molecule has 1 aromatic carbocycles. The Morgan fingerprint density at radius 1 is 1.00 bits per heavy atom. The first-order valence-electron chi connectivity index (χ1n) is 8.74. The summed E-state index contributed by atoms with van der Waals surface area (Å²) in [5, 5.41) is 10.6. The molecule has 1 saturated carbocycles. The van der Waals surface area contributed by atoms with E-state index in [1.165, 1.54) is 6.42 Å². The largest absolute Gasteiger partial charge is 0.345 e. The number of benzene rings is 1. The fraction of sp³-hybridized carbons (Fsp3) is 0.500. The highest BCUT2D eigenvalue weighted by Gasteiger charge is 2.30. The monoisotopic (exact) mass is 342 g/mol. The molecule has 5 nitrogen and oxygen atoms in total. The summed E-state index contributed by atoms with van der Waals surface area (Å²) < 4.78 is 0. The van der Waals surface area contributed by atoms with Crippen LogP contribution in [-0.4, -0.2) is 47.2 Å². The molecule has 0 bridgehead atoms. The number of carbonyl (C=O) groups excluding carboxylic acids is 1. The third kappa shape index (κ3) is 3.15. The normalized spacial score (nSPS) is 19.0. The second kappa shape index (κ2) is 6.89. The summed E-state index contributed by atoms with van der Waals surface area (Å²) >= 11 is 1.63. The van der Waals surface area contributed by atoms with Crippen LogP contribution in [0, 0.1) is 5.92 Å². The topological polar surface area (TPSA) is 49.3 Å². The van der Waals surface area contributed by atoms with Gasteiger partial charge in [0.05, 0.1) is 0 Å². The molecule has 0 atom stereocenters. The second-order valence-corrected chi connectivity index (χ2v) is 7.51. The number of hydrogen-bond acceptors (Lipinski definition) is 5. The summed E-state index contributed by atoms with van der Waals surface area (Å²) in [5.41, 5.74) is 1.11. The van der Waals surface area contributed by atoms with Gasteiger partial charge in [-0.2, -0.15) is 0 Å². The lowest BCUT2D eigenvalue weighted by Crippen LogP contribution is -2.41. The van der Waals surface area contributed by atoms with E-state index in [-0.39, 0.29) is 0 Å². The van der Waals surface area contributed by atoms with E-state index >= 15 is 0 Å². The molecule has 24 heavy (non-hydrogen) atoms. The number of amides is 1. The zero-order valence-corrected chi connectivity index (χ0v) is 14.5. The average molecular weight is 342 g/mol. The SMILES string of the molecule is O=C(C1CCC1)N1CCCN(c2nnc(-c3ccccc3)s2)CC1. The molecule has 0 unspecified atom stereocenters. The number of rotatable bonds is 3. The van der Waals surface area contributed by atoms with E-state index in [0.717, 1.165) is 61.1 Å². The minimum absolute atomic E-state index is 0.294. The molecule has 2 aliphatic rings. The van der Waals surface area contributed by atoms with Crippen LogP contribution in [0.4, 0.5) is 5.13 Å². The van der Waals surface area contributed by atoms with Crippen LogP contribution in [0.1, 0.15) is 25.7 Å². The van der Waals surface area contributed by atoms with Gasteiger partial charge in [-0.25, -0.2) is 0 Å². The van der Waals surface area contributed by atoms with Gasteiger partial charge in [-0.15, -0.1) is 10.2 Å². The molecular formula is C18H22N4OS. The predicted molar refractivity (Wildman–Crippen MR) is 96.1 cm³/mol. The van der Waals surface area contributed by atoms with E-state index in [1.54, 1.807) is 11.3 Å². The van der Waals surface area contributed by atoms with Crippen molar-refractivity contribution in [2.45, 2.75) is 25.7 Å². The van der Waals surface area contributed by atoms with Gasteiger partial charge in [-0.1, -0.05) is 48.1 Å². The third-order valence-corrected chi connectivity index (χ3v) is 6.00. The van der Waals surface area contributed by atoms with Crippen molar-refractivity contribution in [3.63, 3.8) is 0 Å². The average Bonchev–Trinajstić information content (AvgIpc) is 2.92. The summed E-state index contributed by atoms with van der Waals surface area (Å²) in [6.07, 6.45) is 4.37. The maximum atomic E-state index is 12.4. The van der Waals surface area contributed by atoms with Crippen molar-refractivity contribution in [2.75, 3.05) is 31.1 Å². The predicted octanol–water partition coefficient (Wildman–Crippen LogP) is 3.04. The van der Waals surface area contributed by atoms with E-state index < -0.39 is 0 Å². The molecule has 1 amide bonds. The van der Waals surface area contributed by atoms with Crippen molar-refractivity contribution in [1.82, 2.24) is 15.1 Å². The Hall–Kier alpha value is -1.95. The van der Waals surface area contributed by atoms with Gasteiger partial charge in [-0.05, 0) is 19.3 Å². The van der Waals surface area contributed by atoms with E-state index in [2.05, 4.69) is 32.1 Å². The summed E-state index contributed by atoms with van der Waals surface area (Å²) in [5.74, 6) is 0.660. The van der Waals surface area contributed by atoms with Crippen LogP contribution in [0.25, 0.3) is 10.6 Å². The Balaban J connectivity index is 1.42. The van der Waals surface area contributed by atoms with Crippen molar-refractivity contribution in [3.05, 3.63) is 30.3 Å². The number of aromatic nitrogens is 2. The second-order valence-electron chi connectivity index (χ2n) is 6.55. The van der Waals surface area contributed by atoms with Crippen molar-refractivity contribution in [2.24, 2.45) is 5.92 Å². The van der Waals surface area contributed by atoms with E-state index in [4.69, 9.17) is 0 Å². The molecule has 2 fully saturated rings. The summed E-state index contributed by atoms with van der Waals surface area (Å²) in [7, 11) is 0. The van der Waals surface area contributed by atoms with E-state index in [9.17, 15) is 4.79 Å². The minimum Gasteiger partial charge on any atom is -0.345 e. The van der Waals surface area contributed by atoms with Gasteiger partial charge in [0, 0.05) is 37.7 Å². The molecule has 6 heteroatoms. The van der Waals surface area contributed by atoms with Crippen LogP contribution >= 0.6 is 11.3 Å². The number of carbonyl (C=O) groups is 1. The molecule has 2 heterocycles. The Morgan fingerprint density at radius 2 is 1.83 bits per heavy atom. The van der Waals surface area contributed by atoms with Gasteiger partial charge in [0.25, 0.3) is 0 Å². The lowest BCUT2D eigenvalue weighted by atomic mass is 9.84. The molecule has 0 radical (unpaired) electrons. The highest BCUT2D eigenvalue weighted by atomic mass is 32.1. The van der Waals surface area contributed by atoms with Crippen molar-refractivity contribution in [1.29, 1.82) is 0 Å². The Labute approximate surface area is 146 Å². The van der Waals surface area contributed by atoms with Gasteiger partial charge in [0.15, 0.2) is 0 Å². The van der Waals surface area contributed by atoms with Crippen LogP contribution in [-0.2, 0) is 4.79 Å². The molecular weight excluding hydrogens is 320 g/mol. The Bertz CT molecular complexity index is 698. The quantitative estimate of drug-likeness (QED) is 0.860. The molecule has 0 spiro atoms. The number of anilines is 1. The first kappa shape index (κ1) is 15.6. The fourth-order valence-electron chi connectivity index (χ4n) is 3.28. The van der Waals surface area contributed by atoms with Crippen molar-refractivity contribution in [3.8, 4) is 10.6 Å². The van der Waals surface area contributed by atoms with Gasteiger partial charge in [0.2, 0.25) is 11.0 Å². The van der Waals surface area contributed by atoms with Gasteiger partial charge >= 0.3 is 0 Å². The van der Waals surface area contributed by atoms with Crippen LogP contribution < -0.4 is 4.90 Å². The van der Waals surface area contributed by atoms with E-state index in [0.29, 0.717) is 11.8 Å². The number of hydrogen-bond donors (Lipinski definition) is 0. The van der Waals surface area contributed by atoms with Crippen molar-refractivity contribution >= 4 is 22.4 Å². The lowest BCUT2D eigenvalue weighted by molar-refractivity contribution is -0.137. The molecule has 0 N–H and O–H groups in total. The highest BCUT2D eigenvalue weighted by molar-refractivity contribution is 7.18. The van der Waals surface area contributed by atoms with Crippen LogP contribution in [0.5, 0.6) is 0 Å².